The van der Waals surface area contributed by atoms with E-state index in [2.05, 4.69) is 5.32 Å². The number of nitrogens with zero attached hydrogens (tertiary/aromatic N) is 1. The molecule has 6 nitrogen and oxygen atoms in total. The molecule has 3 fully saturated rings. The molecule has 166 valence electrons. The van der Waals surface area contributed by atoms with Crippen LogP contribution in [0.5, 0.6) is 0 Å². The van der Waals surface area contributed by atoms with E-state index < -0.39 is 12.1 Å². The zero-order chi connectivity index (χ0) is 21.9. The molecule has 2 amide bonds. The first-order valence-electron chi connectivity index (χ1n) is 11.3. The lowest BCUT2D eigenvalue weighted by atomic mass is 9.56. The van der Waals surface area contributed by atoms with Crippen LogP contribution in [0.4, 0.5) is 0 Å². The predicted molar refractivity (Wildman–Crippen MR) is 117 cm³/mol. The molecule has 0 spiro atoms. The second kappa shape index (κ2) is 9.06. The highest BCUT2D eigenvalue weighted by molar-refractivity contribution is 5.84. The summed E-state index contributed by atoms with van der Waals surface area (Å²) in [4.78, 5) is 27.6. The van der Waals surface area contributed by atoms with E-state index in [1.165, 1.54) is 0 Å². The van der Waals surface area contributed by atoms with Crippen LogP contribution in [0.15, 0.2) is 30.3 Å². The van der Waals surface area contributed by atoms with Gasteiger partial charge in [0.15, 0.2) is 0 Å². The van der Waals surface area contributed by atoms with E-state index >= 15 is 0 Å². The van der Waals surface area contributed by atoms with Gasteiger partial charge in [0.2, 0.25) is 11.8 Å². The Morgan fingerprint density at radius 3 is 2.23 bits per heavy atom. The fourth-order valence-electron chi connectivity index (χ4n) is 5.08. The van der Waals surface area contributed by atoms with Crippen LogP contribution in [0.2, 0.25) is 0 Å². The van der Waals surface area contributed by atoms with Crippen molar-refractivity contribution in [3.8, 4) is 0 Å². The summed E-state index contributed by atoms with van der Waals surface area (Å²) in [6.45, 7) is 4.34. The third kappa shape index (κ3) is 4.54. The smallest absolute Gasteiger partial charge is 0.237 e. The average Bonchev–Trinajstić information content (AvgIpc) is 2.78. The monoisotopic (exact) mass is 415 g/mol. The Morgan fingerprint density at radius 2 is 1.70 bits per heavy atom. The molecule has 0 heterocycles. The minimum Gasteiger partial charge on any atom is -0.387 e. The molecule has 1 aromatic carbocycles. The van der Waals surface area contributed by atoms with Gasteiger partial charge in [0.1, 0.15) is 0 Å². The van der Waals surface area contributed by atoms with E-state index in [0.717, 1.165) is 50.5 Å². The minimum atomic E-state index is -0.691. The zero-order valence-electron chi connectivity index (χ0n) is 18.6. The van der Waals surface area contributed by atoms with Crippen molar-refractivity contribution in [1.29, 1.82) is 0 Å². The van der Waals surface area contributed by atoms with Crippen LogP contribution in [0.25, 0.3) is 0 Å². The van der Waals surface area contributed by atoms with Crippen LogP contribution in [0, 0.1) is 11.3 Å². The number of hydrogen-bond donors (Lipinski definition) is 3. The number of nitrogens with one attached hydrogen (secondary N) is 1. The van der Waals surface area contributed by atoms with E-state index in [-0.39, 0.29) is 35.2 Å². The highest BCUT2D eigenvalue weighted by Gasteiger charge is 2.53. The molecule has 1 aromatic rings. The van der Waals surface area contributed by atoms with Gasteiger partial charge in [0.25, 0.3) is 0 Å². The van der Waals surface area contributed by atoms with Crippen LogP contribution in [0.3, 0.4) is 0 Å². The number of rotatable bonds is 8. The van der Waals surface area contributed by atoms with E-state index in [1.54, 1.807) is 11.9 Å². The number of aliphatic hydroxyl groups excluding tert-OH is 1. The molecule has 0 aromatic heterocycles. The number of carbonyl (C=O) groups excluding carboxylic acids is 2. The van der Waals surface area contributed by atoms with Crippen LogP contribution < -0.4 is 11.1 Å². The van der Waals surface area contributed by atoms with Crippen molar-refractivity contribution >= 4 is 11.8 Å². The van der Waals surface area contributed by atoms with Crippen LogP contribution >= 0.6 is 0 Å². The number of hydrogen-bond acceptors (Lipinski definition) is 4. The lowest BCUT2D eigenvalue weighted by molar-refractivity contribution is -0.150. The van der Waals surface area contributed by atoms with Gasteiger partial charge in [-0.05, 0) is 50.0 Å². The third-order valence-corrected chi connectivity index (χ3v) is 7.63. The molecule has 3 atom stereocenters. The molecule has 0 saturated heterocycles. The SMILES string of the molecule is CC[C@@H](C)[C@H](N)C(=O)NC12CCC(C(=O)N(C)C[C@@H](O)c3ccccc3)(CC1)CC2. The highest BCUT2D eigenvalue weighted by atomic mass is 16.3. The van der Waals surface area contributed by atoms with Gasteiger partial charge < -0.3 is 21.1 Å². The predicted octanol–water partition coefficient (Wildman–Crippen LogP) is 2.76. The molecule has 3 aliphatic carbocycles. The Balaban J connectivity index is 1.58. The molecule has 2 bridgehead atoms. The molecule has 3 saturated carbocycles. The number of aliphatic hydroxyl groups is 1. The van der Waals surface area contributed by atoms with Gasteiger partial charge >= 0.3 is 0 Å². The Hall–Kier alpha value is -1.92. The number of likely N-dealkylation sites (N-methyl/N-ethyl adjacent to an activating group) is 1. The van der Waals surface area contributed by atoms with Crippen LogP contribution in [-0.2, 0) is 9.59 Å². The van der Waals surface area contributed by atoms with Gasteiger partial charge in [-0.25, -0.2) is 0 Å². The van der Waals surface area contributed by atoms with E-state index in [4.69, 9.17) is 5.73 Å². The number of fused-ring (bicyclic) bond motifs is 3. The van der Waals surface area contributed by atoms with Crippen LogP contribution in [0.1, 0.15) is 70.5 Å². The van der Waals surface area contributed by atoms with Gasteiger partial charge in [-0.15, -0.1) is 0 Å². The lowest BCUT2D eigenvalue weighted by Gasteiger charge is -2.53. The number of nitrogens with two attached hydrogens (primary N) is 1. The second-order valence-corrected chi connectivity index (χ2v) is 9.57. The average molecular weight is 416 g/mol. The van der Waals surface area contributed by atoms with Gasteiger partial charge in [-0.2, -0.15) is 0 Å². The van der Waals surface area contributed by atoms with Gasteiger partial charge in [-0.1, -0.05) is 50.6 Å². The minimum absolute atomic E-state index is 0.0619. The first kappa shape index (κ1) is 22.8. The molecule has 4 N–H and O–H groups in total. The van der Waals surface area contributed by atoms with E-state index in [1.807, 2.05) is 44.2 Å². The third-order valence-electron chi connectivity index (χ3n) is 7.63. The lowest BCUT2D eigenvalue weighted by Crippen LogP contribution is -2.62. The quantitative estimate of drug-likeness (QED) is 0.608. The standard InChI is InChI=1S/C24H37N3O3/c1-4-17(2)20(25)21(29)26-24-13-10-23(11-14-24,12-15-24)22(30)27(3)16-19(28)18-8-6-5-7-9-18/h5-9,17,19-20,28H,4,10-16,25H2,1-3H3,(H,26,29)/t17-,19-,20+,23?,24?/m1/s1. The van der Waals surface area contributed by atoms with E-state index in [0.29, 0.717) is 0 Å². The molecule has 0 radical (unpaired) electrons. The maximum atomic E-state index is 13.3. The summed E-state index contributed by atoms with van der Waals surface area (Å²) in [7, 11) is 1.78. The maximum Gasteiger partial charge on any atom is 0.237 e. The molecular formula is C24H37N3O3. The van der Waals surface area contributed by atoms with Crippen molar-refractivity contribution in [2.75, 3.05) is 13.6 Å². The summed E-state index contributed by atoms with van der Waals surface area (Å²) < 4.78 is 0. The Kier molecular flexibility index (Phi) is 6.88. The van der Waals surface area contributed by atoms with Crippen molar-refractivity contribution in [3.63, 3.8) is 0 Å². The Labute approximate surface area is 180 Å². The number of carbonyl (C=O) groups is 2. The Morgan fingerprint density at radius 1 is 1.13 bits per heavy atom. The fraction of sp³-hybridized carbons (Fsp3) is 0.667. The normalized spacial score (nSPS) is 28.4. The molecule has 6 heteroatoms. The summed E-state index contributed by atoms with van der Waals surface area (Å²) >= 11 is 0. The molecular weight excluding hydrogens is 378 g/mol. The highest BCUT2D eigenvalue weighted by Crippen LogP contribution is 2.53. The number of amides is 2. The first-order valence-corrected chi connectivity index (χ1v) is 11.3. The van der Waals surface area contributed by atoms with Crippen molar-refractivity contribution in [2.45, 2.75) is 76.5 Å². The second-order valence-electron chi connectivity index (χ2n) is 9.57. The summed E-state index contributed by atoms with van der Waals surface area (Å²) in [5.41, 5.74) is 6.37. The molecule has 4 rings (SSSR count). The summed E-state index contributed by atoms with van der Waals surface area (Å²) in [5, 5.41) is 13.8. The van der Waals surface area contributed by atoms with Gasteiger partial charge in [0.05, 0.1) is 18.7 Å². The van der Waals surface area contributed by atoms with Crippen LogP contribution in [-0.4, -0.2) is 47.0 Å². The van der Waals surface area contributed by atoms with E-state index in [9.17, 15) is 14.7 Å². The maximum absolute atomic E-state index is 13.3. The zero-order valence-corrected chi connectivity index (χ0v) is 18.6. The Bertz CT molecular complexity index is 727. The molecule has 0 unspecified atom stereocenters. The summed E-state index contributed by atoms with van der Waals surface area (Å²) in [5.74, 6) is 0.209. The molecule has 3 aliphatic rings. The van der Waals surface area contributed by atoms with Crippen molar-refractivity contribution in [2.24, 2.45) is 17.1 Å². The summed E-state index contributed by atoms with van der Waals surface area (Å²) in [6.07, 6.45) is 4.94. The fourth-order valence-corrected chi connectivity index (χ4v) is 5.08. The van der Waals surface area contributed by atoms with Gasteiger partial charge in [-0.3, -0.25) is 9.59 Å². The molecule has 0 aliphatic heterocycles. The number of benzene rings is 1. The van der Waals surface area contributed by atoms with Crippen molar-refractivity contribution in [1.82, 2.24) is 10.2 Å². The van der Waals surface area contributed by atoms with Crippen molar-refractivity contribution < 1.29 is 14.7 Å². The molecule has 30 heavy (non-hydrogen) atoms. The largest absolute Gasteiger partial charge is 0.387 e. The topological polar surface area (TPSA) is 95.7 Å². The van der Waals surface area contributed by atoms with Crippen molar-refractivity contribution in [3.05, 3.63) is 35.9 Å². The first-order chi connectivity index (χ1) is 14.2. The summed E-state index contributed by atoms with van der Waals surface area (Å²) in [6, 6.07) is 8.97. The van der Waals surface area contributed by atoms with Gasteiger partial charge in [0, 0.05) is 18.0 Å².